The molecule has 2 rings (SSSR count). The van der Waals surface area contributed by atoms with Crippen molar-refractivity contribution < 1.29 is 53.3 Å². The summed E-state index contributed by atoms with van der Waals surface area (Å²) in [6.45, 7) is 7.71. The van der Waals surface area contributed by atoms with E-state index in [4.69, 9.17) is 21.9 Å². The van der Waals surface area contributed by atoms with Crippen LogP contribution in [0.15, 0.2) is 35.3 Å². The summed E-state index contributed by atoms with van der Waals surface area (Å²) in [6, 6.07) is -0.309. The van der Waals surface area contributed by atoms with Crippen LogP contribution in [-0.2, 0) is 49.5 Å². The van der Waals surface area contributed by atoms with Crippen LogP contribution in [0.2, 0.25) is 0 Å². The van der Waals surface area contributed by atoms with Crippen LogP contribution in [0.1, 0.15) is 130 Å². The van der Waals surface area contributed by atoms with Crippen molar-refractivity contribution in [1.29, 1.82) is 0 Å². The van der Waals surface area contributed by atoms with Crippen molar-refractivity contribution in [1.82, 2.24) is 31.9 Å². The predicted molar refractivity (Wildman–Crippen MR) is 250 cm³/mol. The molecule has 0 aliphatic carbocycles. The van der Waals surface area contributed by atoms with Gasteiger partial charge >= 0.3 is 5.97 Å². The molecule has 67 heavy (non-hydrogen) atoms. The molecule has 1 aromatic rings. The number of primary amides is 1. The van der Waals surface area contributed by atoms with Gasteiger partial charge in [-0.25, -0.2) is 4.79 Å². The first-order chi connectivity index (χ1) is 31.7. The van der Waals surface area contributed by atoms with Crippen LogP contribution in [0.25, 0.3) is 0 Å². The monoisotopic (exact) mass is 945 g/mol. The van der Waals surface area contributed by atoms with Crippen molar-refractivity contribution in [3.63, 3.8) is 0 Å². The van der Waals surface area contributed by atoms with E-state index in [2.05, 4.69) is 36.9 Å². The molecule has 0 spiro atoms. The van der Waals surface area contributed by atoms with E-state index in [0.29, 0.717) is 24.9 Å². The molecule has 0 aromatic heterocycles. The van der Waals surface area contributed by atoms with Gasteiger partial charge in [0.25, 0.3) is 0 Å². The summed E-state index contributed by atoms with van der Waals surface area (Å²) < 4.78 is 5.59. The number of aliphatic imine (C=N–C) groups is 1. The molecule has 1 aliphatic rings. The highest BCUT2D eigenvalue weighted by atomic mass is 16.5. The van der Waals surface area contributed by atoms with E-state index in [9.17, 15) is 48.6 Å². The quantitative estimate of drug-likeness (QED) is 0.0292. The molecule has 1 unspecified atom stereocenters. The Balaban J connectivity index is 2.31. The summed E-state index contributed by atoms with van der Waals surface area (Å²) >= 11 is 0. The van der Waals surface area contributed by atoms with Gasteiger partial charge < -0.3 is 64.1 Å². The van der Waals surface area contributed by atoms with Gasteiger partial charge in [-0.1, -0.05) is 102 Å². The maximum atomic E-state index is 14.1. The van der Waals surface area contributed by atoms with Crippen LogP contribution >= 0.6 is 0 Å². The zero-order valence-electron chi connectivity index (χ0n) is 39.7. The number of carbonyl (C=O) groups excluding carboxylic acids is 8. The zero-order chi connectivity index (χ0) is 50.1. The average molecular weight is 945 g/mol. The molecule has 14 N–H and O–H groups in total. The lowest BCUT2D eigenvalue weighted by molar-refractivity contribution is -0.155. The minimum Gasteiger partial charge on any atom is -0.458 e. The van der Waals surface area contributed by atoms with Crippen LogP contribution < -0.4 is 49.1 Å². The minimum atomic E-state index is -1.67. The third-order valence-electron chi connectivity index (χ3n) is 11.3. The number of rotatable bonds is 23. The number of benzene rings is 1. The first-order valence-corrected chi connectivity index (χ1v) is 23.5. The highest BCUT2D eigenvalue weighted by Gasteiger charge is 2.38. The third kappa shape index (κ3) is 22.5. The Morgan fingerprint density at radius 3 is 1.81 bits per heavy atom. The van der Waals surface area contributed by atoms with Gasteiger partial charge in [-0.3, -0.25) is 38.6 Å². The second-order valence-electron chi connectivity index (χ2n) is 17.7. The molecule has 1 aromatic carbocycles. The number of guanidine groups is 1. The summed E-state index contributed by atoms with van der Waals surface area (Å²) in [5.74, 6) is -7.71. The van der Waals surface area contributed by atoms with Gasteiger partial charge in [-0.2, -0.15) is 0 Å². The first kappa shape index (κ1) is 57.3. The molecule has 7 amide bonds. The van der Waals surface area contributed by atoms with E-state index in [0.717, 1.165) is 57.8 Å². The highest BCUT2D eigenvalue weighted by Crippen LogP contribution is 2.15. The normalized spacial score (nSPS) is 23.4. The maximum Gasteiger partial charge on any atom is 0.328 e. The van der Waals surface area contributed by atoms with Gasteiger partial charge in [0.2, 0.25) is 41.4 Å². The van der Waals surface area contributed by atoms with Crippen LogP contribution in [0.4, 0.5) is 0 Å². The lowest BCUT2D eigenvalue weighted by atomic mass is 9.99. The standard InChI is InChI=1S/C46H76N10O11/c1-27(2)37-42(63)53-34(25-31-19-15-14-16-20-31)41(62)56-38(29(4)57)43(64)52-33(22-23-35(47)59)40(61)51-28(3)45(66)67-30(5)39(44(65)55-37)54-36(60)26-32(58)21-17-12-10-8-6-7-9-11-13-18-24-50-46(48)49/h14-16,19-20,27-30,32-34,37-39,57-58H,6-13,17-18,21-26H2,1-5H3,(H2,47,59)(H,51,61)(H,52,64)(H,53,63)(H,54,60)(H,55,65)(H,56,62)(H4,48,49,50)/t28-,29-,30-,32-,33-,34?,37-,38-,39+/m1/s1. The lowest BCUT2D eigenvalue weighted by Gasteiger charge is -2.30. The molecule has 1 fully saturated rings. The van der Waals surface area contributed by atoms with Crippen molar-refractivity contribution >= 4 is 53.3 Å². The van der Waals surface area contributed by atoms with Crippen molar-refractivity contribution in [2.75, 3.05) is 6.54 Å². The molecule has 0 saturated carbocycles. The van der Waals surface area contributed by atoms with E-state index in [1.807, 2.05) is 0 Å². The number of ether oxygens (including phenoxy) is 1. The third-order valence-corrected chi connectivity index (χ3v) is 11.3. The molecule has 1 saturated heterocycles. The van der Waals surface area contributed by atoms with Crippen molar-refractivity contribution in [2.24, 2.45) is 28.1 Å². The molecular weight excluding hydrogens is 869 g/mol. The number of nitrogens with one attached hydrogen (secondary N) is 6. The fourth-order valence-corrected chi connectivity index (χ4v) is 7.36. The van der Waals surface area contributed by atoms with Gasteiger partial charge in [0.1, 0.15) is 42.4 Å². The number of cyclic esters (lactones) is 1. The molecule has 376 valence electrons. The van der Waals surface area contributed by atoms with Gasteiger partial charge in [-0.15, -0.1) is 0 Å². The highest BCUT2D eigenvalue weighted by molar-refractivity contribution is 5.97. The van der Waals surface area contributed by atoms with Crippen LogP contribution in [-0.4, -0.2) is 125 Å². The lowest BCUT2D eigenvalue weighted by Crippen LogP contribution is -2.62. The van der Waals surface area contributed by atoms with Gasteiger partial charge in [0.05, 0.1) is 18.6 Å². The number of aliphatic hydroxyl groups is 2. The molecule has 0 bridgehead atoms. The van der Waals surface area contributed by atoms with E-state index < -0.39 is 108 Å². The summed E-state index contributed by atoms with van der Waals surface area (Å²) in [6.07, 6.45) is 5.20. The fourth-order valence-electron chi connectivity index (χ4n) is 7.36. The first-order valence-electron chi connectivity index (χ1n) is 23.5. The van der Waals surface area contributed by atoms with Crippen LogP contribution in [0.5, 0.6) is 0 Å². The summed E-state index contributed by atoms with van der Waals surface area (Å²) in [7, 11) is 0. The maximum absolute atomic E-state index is 14.1. The minimum absolute atomic E-state index is 0.0920. The van der Waals surface area contributed by atoms with E-state index >= 15 is 0 Å². The van der Waals surface area contributed by atoms with Crippen molar-refractivity contribution in [3.05, 3.63) is 35.9 Å². The van der Waals surface area contributed by atoms with Crippen molar-refractivity contribution in [2.45, 2.75) is 185 Å². The SMILES string of the molecule is CC(C)[C@H]1NC(=O)[C@@H](NC(=O)C[C@H](O)CCCCCCCCCCCCN=C(N)N)[C@@H](C)OC(=O)[C@@H](C)NC(=O)[C@@H](CCC(N)=O)NC(=O)[C@@H]([C@@H](C)O)NC(=O)C(Cc2ccccc2)NC1=O. The number of hydrogen-bond donors (Lipinski definition) is 11. The Bertz CT molecular complexity index is 1790. The number of esters is 1. The molecule has 21 heteroatoms. The van der Waals surface area contributed by atoms with Crippen LogP contribution in [0.3, 0.4) is 0 Å². The number of nitrogens with two attached hydrogens (primary N) is 3. The molecule has 9 atom stereocenters. The van der Waals surface area contributed by atoms with Crippen molar-refractivity contribution in [3.8, 4) is 0 Å². The zero-order valence-corrected chi connectivity index (χ0v) is 39.7. The Kier molecular flexibility index (Phi) is 26.0. The second kappa shape index (κ2) is 30.5. The smallest absolute Gasteiger partial charge is 0.328 e. The van der Waals surface area contributed by atoms with Gasteiger partial charge in [0.15, 0.2) is 5.96 Å². The average Bonchev–Trinajstić information content (AvgIpc) is 3.25. The van der Waals surface area contributed by atoms with E-state index in [1.165, 1.54) is 20.8 Å². The molecule has 0 radical (unpaired) electrons. The molecular formula is C46H76N10O11. The van der Waals surface area contributed by atoms with Crippen LogP contribution in [0, 0.1) is 5.92 Å². The number of aliphatic hydroxyl groups excluding tert-OH is 2. The molecule has 21 nitrogen and oxygen atoms in total. The second-order valence-corrected chi connectivity index (χ2v) is 17.7. The van der Waals surface area contributed by atoms with E-state index in [1.54, 1.807) is 44.2 Å². The largest absolute Gasteiger partial charge is 0.458 e. The van der Waals surface area contributed by atoms with Gasteiger partial charge in [0, 0.05) is 19.4 Å². The fraction of sp³-hybridized carbons (Fsp3) is 0.674. The Morgan fingerprint density at radius 2 is 1.24 bits per heavy atom. The number of hydrogen-bond acceptors (Lipinski definition) is 12. The van der Waals surface area contributed by atoms with Gasteiger partial charge in [-0.05, 0) is 51.5 Å². The Hall–Kier alpha value is -5.83. The Labute approximate surface area is 393 Å². The summed E-state index contributed by atoms with van der Waals surface area (Å²) in [5.41, 5.74) is 16.6. The summed E-state index contributed by atoms with van der Waals surface area (Å²) in [5, 5.41) is 36.5. The van der Waals surface area contributed by atoms with E-state index in [-0.39, 0.29) is 31.6 Å². The molecule has 1 heterocycles. The number of nitrogens with zero attached hydrogens (tertiary/aromatic N) is 1. The number of unbranched alkanes of at least 4 members (excludes halogenated alkanes) is 9. The molecule has 1 aliphatic heterocycles. The number of amides is 7. The Morgan fingerprint density at radius 1 is 0.701 bits per heavy atom. The predicted octanol–water partition coefficient (Wildman–Crippen LogP) is -0.279. The topological polar surface area (TPSA) is 349 Å². The summed E-state index contributed by atoms with van der Waals surface area (Å²) in [4.78, 5) is 112. The number of carbonyl (C=O) groups is 8.